The minimum atomic E-state index is -0.315. The normalized spacial score (nSPS) is 23.6. The van der Waals surface area contributed by atoms with Gasteiger partial charge in [-0.3, -0.25) is 4.90 Å². The van der Waals surface area contributed by atoms with Crippen LogP contribution in [0, 0.1) is 5.82 Å². The number of nitrogens with two attached hydrogens (primary N) is 1. The van der Waals surface area contributed by atoms with E-state index in [1.165, 1.54) is 6.07 Å². The van der Waals surface area contributed by atoms with Crippen LogP contribution in [0.25, 0.3) is 0 Å². The molecule has 1 aromatic rings. The minimum absolute atomic E-state index is 0.132. The zero-order valence-electron chi connectivity index (χ0n) is 9.79. The van der Waals surface area contributed by atoms with Gasteiger partial charge in [0.15, 0.2) is 0 Å². The Hall–Kier alpha value is -0.490. The van der Waals surface area contributed by atoms with Crippen LogP contribution in [0.5, 0.6) is 0 Å². The van der Waals surface area contributed by atoms with Crippen molar-refractivity contribution < 1.29 is 4.39 Å². The van der Waals surface area contributed by atoms with Crippen molar-refractivity contribution in [2.24, 2.45) is 5.73 Å². The van der Waals surface area contributed by atoms with Gasteiger partial charge in [-0.05, 0) is 25.2 Å². The van der Waals surface area contributed by atoms with Gasteiger partial charge in [-0.2, -0.15) is 0 Å². The lowest BCUT2D eigenvalue weighted by molar-refractivity contribution is 0.172. The van der Waals surface area contributed by atoms with Crippen LogP contribution in [-0.2, 0) is 0 Å². The third-order valence-electron chi connectivity index (χ3n) is 3.29. The SMILES string of the molecule is CN1CCNCC1C(N)c1cc(Br)ccc1F. The van der Waals surface area contributed by atoms with Gasteiger partial charge in [-0.1, -0.05) is 15.9 Å². The van der Waals surface area contributed by atoms with E-state index in [9.17, 15) is 4.39 Å². The highest BCUT2D eigenvalue weighted by Gasteiger charge is 2.27. The van der Waals surface area contributed by atoms with Gasteiger partial charge in [0.05, 0.1) is 0 Å². The number of nitrogens with one attached hydrogen (secondary N) is 1. The molecule has 1 aliphatic rings. The van der Waals surface area contributed by atoms with Crippen LogP contribution in [0.4, 0.5) is 4.39 Å². The number of piperazine rings is 1. The molecule has 0 radical (unpaired) electrons. The Labute approximate surface area is 109 Å². The summed E-state index contributed by atoms with van der Waals surface area (Å²) < 4.78 is 14.6. The number of likely N-dealkylation sites (N-methyl/N-ethyl adjacent to an activating group) is 1. The van der Waals surface area contributed by atoms with Crippen LogP contribution in [0.3, 0.4) is 0 Å². The fourth-order valence-corrected chi connectivity index (χ4v) is 2.58. The molecule has 1 aliphatic heterocycles. The maximum atomic E-state index is 13.8. The molecule has 0 aliphatic carbocycles. The average Bonchev–Trinajstić information content (AvgIpc) is 2.32. The van der Waals surface area contributed by atoms with Crippen LogP contribution < -0.4 is 11.1 Å². The maximum absolute atomic E-state index is 13.8. The fraction of sp³-hybridized carbons (Fsp3) is 0.500. The summed E-state index contributed by atoms with van der Waals surface area (Å²) in [6.45, 7) is 2.69. The van der Waals surface area contributed by atoms with Crippen molar-refractivity contribution in [3.8, 4) is 0 Å². The number of benzene rings is 1. The molecular weight excluding hydrogens is 285 g/mol. The second-order valence-electron chi connectivity index (χ2n) is 4.44. The zero-order chi connectivity index (χ0) is 12.4. The van der Waals surface area contributed by atoms with Crippen molar-refractivity contribution in [1.82, 2.24) is 10.2 Å². The molecule has 94 valence electrons. The molecule has 1 saturated heterocycles. The van der Waals surface area contributed by atoms with Gasteiger partial charge in [-0.15, -0.1) is 0 Å². The maximum Gasteiger partial charge on any atom is 0.128 e. The second-order valence-corrected chi connectivity index (χ2v) is 5.36. The topological polar surface area (TPSA) is 41.3 Å². The first-order chi connectivity index (χ1) is 8.09. The molecule has 0 bridgehead atoms. The molecular formula is C12H17BrFN3. The van der Waals surface area contributed by atoms with Crippen molar-refractivity contribution in [3.05, 3.63) is 34.1 Å². The highest BCUT2D eigenvalue weighted by molar-refractivity contribution is 9.10. The molecule has 0 spiro atoms. The van der Waals surface area contributed by atoms with Gasteiger partial charge in [0, 0.05) is 41.8 Å². The standard InChI is InChI=1S/C12H17BrFN3/c1-17-5-4-16-7-11(17)12(15)9-6-8(13)2-3-10(9)14/h2-3,6,11-12,16H,4-5,7,15H2,1H3. The summed E-state index contributed by atoms with van der Waals surface area (Å²) in [5.41, 5.74) is 6.76. The number of rotatable bonds is 2. The molecule has 0 aromatic heterocycles. The Morgan fingerprint density at radius 2 is 2.35 bits per heavy atom. The van der Waals surface area contributed by atoms with E-state index < -0.39 is 0 Å². The second kappa shape index (κ2) is 5.44. The summed E-state index contributed by atoms with van der Waals surface area (Å²) in [6.07, 6.45) is 0. The van der Waals surface area contributed by atoms with Crippen LogP contribution in [0.15, 0.2) is 22.7 Å². The number of hydrogen-bond acceptors (Lipinski definition) is 3. The summed E-state index contributed by atoms with van der Waals surface area (Å²) >= 11 is 3.35. The van der Waals surface area contributed by atoms with Crippen molar-refractivity contribution in [2.75, 3.05) is 26.7 Å². The smallest absolute Gasteiger partial charge is 0.128 e. The lowest BCUT2D eigenvalue weighted by Crippen LogP contribution is -2.53. The van der Waals surface area contributed by atoms with Crippen molar-refractivity contribution >= 4 is 15.9 Å². The molecule has 3 N–H and O–H groups in total. The predicted molar refractivity (Wildman–Crippen MR) is 70.3 cm³/mol. The first-order valence-corrected chi connectivity index (χ1v) is 6.50. The number of hydrogen-bond donors (Lipinski definition) is 2. The Morgan fingerprint density at radius 3 is 3.06 bits per heavy atom. The minimum Gasteiger partial charge on any atom is -0.323 e. The van der Waals surface area contributed by atoms with Gasteiger partial charge in [0.25, 0.3) is 0 Å². The van der Waals surface area contributed by atoms with Crippen molar-refractivity contribution in [1.29, 1.82) is 0 Å². The number of nitrogens with zero attached hydrogens (tertiary/aromatic N) is 1. The van der Waals surface area contributed by atoms with Gasteiger partial charge in [-0.25, -0.2) is 4.39 Å². The molecule has 3 nitrogen and oxygen atoms in total. The Morgan fingerprint density at radius 1 is 1.59 bits per heavy atom. The van der Waals surface area contributed by atoms with E-state index in [0.29, 0.717) is 5.56 Å². The molecule has 0 saturated carbocycles. The monoisotopic (exact) mass is 301 g/mol. The molecule has 1 fully saturated rings. The summed E-state index contributed by atoms with van der Waals surface area (Å²) in [5, 5.41) is 3.29. The Kier molecular flexibility index (Phi) is 4.14. The molecule has 17 heavy (non-hydrogen) atoms. The third-order valence-corrected chi connectivity index (χ3v) is 3.79. The van der Waals surface area contributed by atoms with Gasteiger partial charge < -0.3 is 11.1 Å². The van der Waals surface area contributed by atoms with Crippen LogP contribution in [-0.4, -0.2) is 37.6 Å². The lowest BCUT2D eigenvalue weighted by Gasteiger charge is -2.37. The number of halogens is 2. The first kappa shape index (κ1) is 13.0. The third kappa shape index (κ3) is 2.85. The molecule has 2 atom stereocenters. The zero-order valence-corrected chi connectivity index (χ0v) is 11.4. The summed E-state index contributed by atoms with van der Waals surface area (Å²) in [5.74, 6) is -0.236. The van der Waals surface area contributed by atoms with Gasteiger partial charge >= 0.3 is 0 Å². The molecule has 2 unspecified atom stereocenters. The molecule has 5 heteroatoms. The predicted octanol–water partition coefficient (Wildman–Crippen LogP) is 1.49. The van der Waals surface area contributed by atoms with E-state index in [4.69, 9.17) is 5.73 Å². The lowest BCUT2D eigenvalue weighted by atomic mass is 9.97. The van der Waals surface area contributed by atoms with E-state index in [1.54, 1.807) is 12.1 Å². The van der Waals surface area contributed by atoms with Crippen LogP contribution in [0.2, 0.25) is 0 Å². The highest BCUT2D eigenvalue weighted by atomic mass is 79.9. The van der Waals surface area contributed by atoms with Gasteiger partial charge in [0.2, 0.25) is 0 Å². The summed E-state index contributed by atoms with van der Waals surface area (Å²) in [7, 11) is 2.03. The molecule has 1 aromatic carbocycles. The van der Waals surface area contributed by atoms with Crippen LogP contribution >= 0.6 is 15.9 Å². The van der Waals surface area contributed by atoms with Crippen LogP contribution in [0.1, 0.15) is 11.6 Å². The van der Waals surface area contributed by atoms with Crippen molar-refractivity contribution in [3.63, 3.8) is 0 Å². The Balaban J connectivity index is 2.23. The van der Waals surface area contributed by atoms with Gasteiger partial charge in [0.1, 0.15) is 5.82 Å². The first-order valence-electron chi connectivity index (χ1n) is 5.71. The largest absolute Gasteiger partial charge is 0.323 e. The molecule has 2 rings (SSSR count). The van der Waals surface area contributed by atoms with E-state index in [-0.39, 0.29) is 17.9 Å². The fourth-order valence-electron chi connectivity index (χ4n) is 2.21. The molecule has 1 heterocycles. The van der Waals surface area contributed by atoms with E-state index in [2.05, 4.69) is 26.1 Å². The summed E-state index contributed by atoms with van der Waals surface area (Å²) in [4.78, 5) is 2.18. The van der Waals surface area contributed by atoms with Crippen molar-refractivity contribution in [2.45, 2.75) is 12.1 Å². The average molecular weight is 302 g/mol. The van der Waals surface area contributed by atoms with E-state index >= 15 is 0 Å². The van der Waals surface area contributed by atoms with E-state index in [1.807, 2.05) is 7.05 Å². The highest BCUT2D eigenvalue weighted by Crippen LogP contribution is 2.24. The van der Waals surface area contributed by atoms with E-state index in [0.717, 1.165) is 24.1 Å². The quantitative estimate of drug-likeness (QED) is 0.870. The Bertz CT molecular complexity index is 399. The summed E-state index contributed by atoms with van der Waals surface area (Å²) in [6, 6.07) is 4.73. The molecule has 0 amide bonds.